The Labute approximate surface area is 142 Å². The molecule has 1 aliphatic heterocycles. The van der Waals surface area contributed by atoms with E-state index in [1.807, 2.05) is 45.9 Å². The van der Waals surface area contributed by atoms with Gasteiger partial charge in [0.25, 0.3) is 5.91 Å². The Bertz CT molecular complexity index is 764. The first kappa shape index (κ1) is 16.9. The number of benzene rings is 1. The quantitative estimate of drug-likeness (QED) is 0.896. The Kier molecular flexibility index (Phi) is 4.36. The molecule has 1 amide bonds. The van der Waals surface area contributed by atoms with Crippen LogP contribution in [-0.4, -0.2) is 50.2 Å². The van der Waals surface area contributed by atoms with E-state index in [0.717, 1.165) is 29.9 Å². The van der Waals surface area contributed by atoms with E-state index in [9.17, 15) is 9.90 Å². The van der Waals surface area contributed by atoms with Gasteiger partial charge in [0.1, 0.15) is 5.82 Å². The normalized spacial score (nSPS) is 15.8. The minimum Gasteiger partial charge on any atom is -0.394 e. The third-order valence-corrected chi connectivity index (χ3v) is 4.68. The first-order valence-corrected chi connectivity index (χ1v) is 8.48. The number of carbonyl (C=O) groups excluding carboxylic acids is 1. The van der Waals surface area contributed by atoms with Gasteiger partial charge in [0.2, 0.25) is 0 Å². The van der Waals surface area contributed by atoms with Crippen LogP contribution in [0.3, 0.4) is 0 Å². The number of carbonyl (C=O) groups is 1. The average molecular weight is 330 g/mol. The maximum absolute atomic E-state index is 12.2. The van der Waals surface area contributed by atoms with Gasteiger partial charge < -0.3 is 15.0 Å². The zero-order chi connectivity index (χ0) is 17.5. The molecule has 0 saturated carbocycles. The minimum atomic E-state index is -0.258. The molecule has 0 bridgehead atoms. The second-order valence-corrected chi connectivity index (χ2v) is 7.40. The van der Waals surface area contributed by atoms with E-state index in [0.29, 0.717) is 12.1 Å². The lowest BCUT2D eigenvalue weighted by molar-refractivity contribution is 0.0356. The van der Waals surface area contributed by atoms with E-state index >= 15 is 0 Å². The molecule has 130 valence electrons. The van der Waals surface area contributed by atoms with E-state index in [1.54, 1.807) is 0 Å². The Balaban J connectivity index is 1.91. The lowest BCUT2D eigenvalue weighted by Gasteiger charge is -2.39. The van der Waals surface area contributed by atoms with Crippen molar-refractivity contribution in [3.63, 3.8) is 0 Å². The largest absolute Gasteiger partial charge is 0.394 e. The molecule has 2 N–H and O–H groups in total. The van der Waals surface area contributed by atoms with Crippen molar-refractivity contribution in [1.82, 2.24) is 19.8 Å². The van der Waals surface area contributed by atoms with Crippen LogP contribution in [0.1, 0.15) is 43.9 Å². The van der Waals surface area contributed by atoms with Crippen molar-refractivity contribution < 1.29 is 9.90 Å². The van der Waals surface area contributed by atoms with Gasteiger partial charge in [-0.05, 0) is 45.9 Å². The van der Waals surface area contributed by atoms with E-state index in [1.165, 1.54) is 0 Å². The van der Waals surface area contributed by atoms with Gasteiger partial charge in [-0.3, -0.25) is 9.69 Å². The molecule has 2 heterocycles. The number of imidazole rings is 1. The van der Waals surface area contributed by atoms with Crippen LogP contribution >= 0.6 is 0 Å². The third-order valence-electron chi connectivity index (χ3n) is 4.68. The molecule has 3 rings (SSSR count). The molecule has 1 aliphatic rings. The Morgan fingerprint density at radius 1 is 1.38 bits per heavy atom. The molecule has 0 radical (unpaired) electrons. The van der Waals surface area contributed by atoms with Crippen molar-refractivity contribution in [1.29, 1.82) is 0 Å². The second-order valence-electron chi connectivity index (χ2n) is 7.40. The first-order chi connectivity index (χ1) is 11.3. The van der Waals surface area contributed by atoms with E-state index in [2.05, 4.69) is 14.8 Å². The fraction of sp³-hybridized carbons (Fsp3) is 0.556. The fourth-order valence-electron chi connectivity index (χ4n) is 3.12. The molecule has 6 nitrogen and oxygen atoms in total. The van der Waals surface area contributed by atoms with E-state index in [-0.39, 0.29) is 24.1 Å². The zero-order valence-electron chi connectivity index (χ0n) is 14.8. The molecule has 0 unspecified atom stereocenters. The monoisotopic (exact) mass is 330 g/mol. The van der Waals surface area contributed by atoms with Crippen molar-refractivity contribution in [2.45, 2.75) is 52.4 Å². The van der Waals surface area contributed by atoms with Gasteiger partial charge in [-0.15, -0.1) is 0 Å². The van der Waals surface area contributed by atoms with Crippen LogP contribution in [0.2, 0.25) is 0 Å². The molecular formula is C18H26N4O2. The maximum Gasteiger partial charge on any atom is 0.251 e. The predicted molar refractivity (Wildman–Crippen MR) is 93.9 cm³/mol. The molecule has 0 spiro atoms. The number of amides is 1. The Hall–Kier alpha value is -1.92. The van der Waals surface area contributed by atoms with Crippen molar-refractivity contribution in [3.8, 4) is 0 Å². The van der Waals surface area contributed by atoms with Crippen LogP contribution in [0.4, 0.5) is 0 Å². The number of hydrogen-bond acceptors (Lipinski definition) is 4. The average Bonchev–Trinajstić information content (AvgIpc) is 2.90. The summed E-state index contributed by atoms with van der Waals surface area (Å²) < 4.78 is 2.21. The highest BCUT2D eigenvalue weighted by molar-refractivity contribution is 5.97. The number of hydrogen-bond donors (Lipinski definition) is 2. The molecule has 1 aromatic heterocycles. The summed E-state index contributed by atoms with van der Waals surface area (Å²) in [5.41, 5.74) is 2.29. The number of nitrogens with one attached hydrogen (secondary N) is 1. The number of aliphatic hydroxyl groups is 1. The molecule has 6 heteroatoms. The summed E-state index contributed by atoms with van der Waals surface area (Å²) in [6.45, 7) is 10.5. The van der Waals surface area contributed by atoms with Crippen LogP contribution in [0.5, 0.6) is 0 Å². The highest BCUT2D eigenvalue weighted by Crippen LogP contribution is 2.26. The molecular weight excluding hydrogens is 304 g/mol. The topological polar surface area (TPSA) is 70.4 Å². The second kappa shape index (κ2) is 6.18. The lowest BCUT2D eigenvalue weighted by Crippen LogP contribution is -2.50. The number of rotatable bonds is 4. The van der Waals surface area contributed by atoms with Gasteiger partial charge in [-0.2, -0.15) is 0 Å². The van der Waals surface area contributed by atoms with Crippen LogP contribution in [0, 0.1) is 0 Å². The number of aromatic nitrogens is 2. The minimum absolute atomic E-state index is 0.0686. The Morgan fingerprint density at radius 2 is 2.12 bits per heavy atom. The van der Waals surface area contributed by atoms with Gasteiger partial charge in [0.15, 0.2) is 0 Å². The summed E-state index contributed by atoms with van der Waals surface area (Å²) in [5.74, 6) is 0.917. The molecule has 0 fully saturated rings. The number of nitrogens with zero attached hydrogens (tertiary/aromatic N) is 3. The van der Waals surface area contributed by atoms with Gasteiger partial charge in [-0.25, -0.2) is 4.98 Å². The van der Waals surface area contributed by atoms with Gasteiger partial charge >= 0.3 is 0 Å². The third kappa shape index (κ3) is 3.03. The zero-order valence-corrected chi connectivity index (χ0v) is 14.8. The first-order valence-electron chi connectivity index (χ1n) is 8.48. The lowest BCUT2D eigenvalue weighted by atomic mass is 10.0. The summed E-state index contributed by atoms with van der Waals surface area (Å²) in [5, 5.41) is 12.5. The fourth-order valence-corrected chi connectivity index (χ4v) is 3.12. The van der Waals surface area contributed by atoms with Crippen molar-refractivity contribution in [2.24, 2.45) is 0 Å². The standard InChI is InChI=1S/C18H26N4O2/c1-12(2)19-17(24)13-5-6-15-14(9-13)20-16-10-21(7-8-22(15)16)18(3,4)11-23/h5-6,9,12,23H,7-8,10-11H2,1-4H3,(H,19,24). The number of aliphatic hydroxyl groups excluding tert-OH is 1. The molecule has 0 atom stereocenters. The molecule has 24 heavy (non-hydrogen) atoms. The van der Waals surface area contributed by atoms with Gasteiger partial charge in [0.05, 0.1) is 24.2 Å². The number of fused-ring (bicyclic) bond motifs is 3. The van der Waals surface area contributed by atoms with Crippen LogP contribution in [0.15, 0.2) is 18.2 Å². The van der Waals surface area contributed by atoms with Crippen molar-refractivity contribution in [3.05, 3.63) is 29.6 Å². The maximum atomic E-state index is 12.2. The highest BCUT2D eigenvalue weighted by Gasteiger charge is 2.30. The predicted octanol–water partition coefficient (Wildman–Crippen LogP) is 1.76. The summed E-state index contributed by atoms with van der Waals surface area (Å²) in [4.78, 5) is 19.2. The van der Waals surface area contributed by atoms with Gasteiger partial charge in [-0.1, -0.05) is 0 Å². The van der Waals surface area contributed by atoms with Crippen molar-refractivity contribution in [2.75, 3.05) is 13.2 Å². The summed E-state index contributed by atoms with van der Waals surface area (Å²) in [6, 6.07) is 5.81. The van der Waals surface area contributed by atoms with E-state index in [4.69, 9.17) is 4.98 Å². The van der Waals surface area contributed by atoms with Crippen LogP contribution < -0.4 is 5.32 Å². The van der Waals surface area contributed by atoms with Crippen molar-refractivity contribution >= 4 is 16.9 Å². The van der Waals surface area contributed by atoms with Gasteiger partial charge in [0, 0.05) is 30.2 Å². The summed E-state index contributed by atoms with van der Waals surface area (Å²) in [6.07, 6.45) is 0. The smallest absolute Gasteiger partial charge is 0.251 e. The highest BCUT2D eigenvalue weighted by atomic mass is 16.3. The summed E-state index contributed by atoms with van der Waals surface area (Å²) in [7, 11) is 0. The van der Waals surface area contributed by atoms with Crippen LogP contribution in [-0.2, 0) is 13.1 Å². The van der Waals surface area contributed by atoms with Crippen LogP contribution in [0.25, 0.3) is 11.0 Å². The Morgan fingerprint density at radius 3 is 2.79 bits per heavy atom. The SMILES string of the molecule is CC(C)NC(=O)c1ccc2c(c1)nc1n2CCN(C(C)(C)CO)C1. The molecule has 0 aliphatic carbocycles. The molecule has 2 aromatic rings. The summed E-state index contributed by atoms with van der Waals surface area (Å²) >= 11 is 0. The van der Waals surface area contributed by atoms with E-state index < -0.39 is 0 Å². The molecule has 1 aromatic carbocycles. The molecule has 0 saturated heterocycles.